The Morgan fingerprint density at radius 2 is 2.40 bits per heavy atom. The fraction of sp³-hybridized carbons (Fsp3) is 0.667. The second-order valence-electron chi connectivity index (χ2n) is 1.37. The number of hydrogen-bond acceptors (Lipinski definition) is 4. The standard InChI is InChI=1S/C3H5NO5S/c5-3(6)4-1-2-9-10(4,7)8/h1-2H2,(H,5,6)/i1D,2D2. The number of amides is 1. The van der Waals surface area contributed by atoms with E-state index < -0.39 is 29.5 Å². The van der Waals surface area contributed by atoms with E-state index in [9.17, 15) is 13.2 Å². The number of rotatable bonds is 0. The zero-order valence-corrected chi connectivity index (χ0v) is 5.33. The van der Waals surface area contributed by atoms with E-state index in [1.165, 1.54) is 0 Å². The molecule has 1 rings (SSSR count). The van der Waals surface area contributed by atoms with Gasteiger partial charge in [-0.3, -0.25) is 4.18 Å². The minimum Gasteiger partial charge on any atom is -0.464 e. The largest absolute Gasteiger partial charge is 0.464 e. The highest BCUT2D eigenvalue weighted by molar-refractivity contribution is 7.85. The van der Waals surface area contributed by atoms with E-state index >= 15 is 0 Å². The van der Waals surface area contributed by atoms with Gasteiger partial charge in [0.1, 0.15) is 0 Å². The molecule has 0 aliphatic carbocycles. The van der Waals surface area contributed by atoms with Crippen LogP contribution in [0.1, 0.15) is 4.11 Å². The summed E-state index contributed by atoms with van der Waals surface area (Å²) in [5.41, 5.74) is 0. The Hall–Kier alpha value is -0.820. The minimum atomic E-state index is -4.67. The van der Waals surface area contributed by atoms with Crippen molar-refractivity contribution in [3.05, 3.63) is 0 Å². The van der Waals surface area contributed by atoms with Crippen LogP contribution in [0.4, 0.5) is 4.79 Å². The van der Waals surface area contributed by atoms with E-state index in [4.69, 9.17) is 9.22 Å². The maximum Gasteiger partial charge on any atom is 0.422 e. The molecule has 7 heteroatoms. The Morgan fingerprint density at radius 1 is 1.80 bits per heavy atom. The molecule has 1 unspecified atom stereocenters. The number of nitrogens with zero attached hydrogens (tertiary/aromatic N) is 1. The van der Waals surface area contributed by atoms with Gasteiger partial charge in [0.15, 0.2) is 0 Å². The Labute approximate surface area is 61.5 Å². The van der Waals surface area contributed by atoms with Crippen LogP contribution in [0.2, 0.25) is 0 Å². The van der Waals surface area contributed by atoms with E-state index in [-0.39, 0.29) is 4.31 Å². The van der Waals surface area contributed by atoms with Crippen LogP contribution in [-0.4, -0.2) is 37.0 Å². The van der Waals surface area contributed by atoms with Gasteiger partial charge in [0.05, 0.1) is 17.2 Å². The van der Waals surface area contributed by atoms with Crippen molar-refractivity contribution < 1.29 is 26.6 Å². The van der Waals surface area contributed by atoms with Crippen LogP contribution in [0.5, 0.6) is 0 Å². The molecule has 1 amide bonds. The molecule has 0 saturated carbocycles. The molecule has 1 heterocycles. The van der Waals surface area contributed by atoms with Crippen LogP contribution in [-0.2, 0) is 14.5 Å². The minimum absolute atomic E-state index is 0.382. The summed E-state index contributed by atoms with van der Waals surface area (Å²) >= 11 is 0. The Bertz CT molecular complexity index is 339. The second-order valence-corrected chi connectivity index (χ2v) is 2.78. The number of carboxylic acid groups (broad SMARTS) is 1. The van der Waals surface area contributed by atoms with Crippen molar-refractivity contribution in [1.29, 1.82) is 0 Å². The summed E-state index contributed by atoms with van der Waals surface area (Å²) in [7, 11) is -4.67. The van der Waals surface area contributed by atoms with Crippen molar-refractivity contribution >= 4 is 16.4 Å². The van der Waals surface area contributed by atoms with Gasteiger partial charge in [0, 0.05) is 0 Å². The highest BCUT2D eigenvalue weighted by Gasteiger charge is 2.33. The van der Waals surface area contributed by atoms with Crippen LogP contribution >= 0.6 is 0 Å². The summed E-state index contributed by atoms with van der Waals surface area (Å²) < 4.78 is 45.6. The van der Waals surface area contributed by atoms with E-state index in [1.807, 2.05) is 0 Å². The fourth-order valence-electron chi connectivity index (χ4n) is 0.386. The van der Waals surface area contributed by atoms with Crippen molar-refractivity contribution in [3.63, 3.8) is 0 Å². The molecule has 58 valence electrons. The summed E-state index contributed by atoms with van der Waals surface area (Å²) in [6.07, 6.45) is -1.94. The van der Waals surface area contributed by atoms with Crippen LogP contribution < -0.4 is 0 Å². The van der Waals surface area contributed by atoms with Crippen molar-refractivity contribution in [2.45, 2.75) is 0 Å². The van der Waals surface area contributed by atoms with Crippen molar-refractivity contribution in [2.24, 2.45) is 0 Å². The maximum atomic E-state index is 10.8. The first-order valence-electron chi connectivity index (χ1n) is 3.66. The molecule has 1 aliphatic heterocycles. The molecule has 6 nitrogen and oxygen atoms in total. The van der Waals surface area contributed by atoms with Crippen LogP contribution in [0.25, 0.3) is 0 Å². The molecular formula is C3H5NO5S. The lowest BCUT2D eigenvalue weighted by atomic mass is 10.7. The molecule has 0 bridgehead atoms. The first kappa shape index (κ1) is 4.14. The van der Waals surface area contributed by atoms with Gasteiger partial charge in [-0.1, -0.05) is 0 Å². The zero-order chi connectivity index (χ0) is 10.4. The topological polar surface area (TPSA) is 83.9 Å². The summed E-state index contributed by atoms with van der Waals surface area (Å²) in [6, 6.07) is 0. The van der Waals surface area contributed by atoms with E-state index in [1.54, 1.807) is 0 Å². The lowest BCUT2D eigenvalue weighted by Gasteiger charge is -2.05. The molecule has 10 heavy (non-hydrogen) atoms. The Balaban J connectivity index is 3.17. The van der Waals surface area contributed by atoms with E-state index in [2.05, 4.69) is 4.18 Å². The molecule has 1 aliphatic rings. The predicted molar refractivity (Wildman–Crippen MR) is 29.6 cm³/mol. The van der Waals surface area contributed by atoms with Gasteiger partial charge in [-0.15, -0.1) is 0 Å². The molecule has 1 fully saturated rings. The highest BCUT2D eigenvalue weighted by Crippen LogP contribution is 2.10. The summed E-state index contributed by atoms with van der Waals surface area (Å²) in [5.74, 6) is 0. The molecule has 1 N–H and O–H groups in total. The van der Waals surface area contributed by atoms with E-state index in [0.29, 0.717) is 0 Å². The van der Waals surface area contributed by atoms with Gasteiger partial charge in [0.2, 0.25) is 0 Å². The molecule has 0 spiro atoms. The van der Waals surface area contributed by atoms with Crippen molar-refractivity contribution in [3.8, 4) is 0 Å². The van der Waals surface area contributed by atoms with Crippen LogP contribution in [0.3, 0.4) is 0 Å². The average molecular weight is 170 g/mol. The number of carbonyl (C=O) groups is 1. The monoisotopic (exact) mass is 170 g/mol. The molecular weight excluding hydrogens is 162 g/mol. The molecule has 0 aromatic carbocycles. The Kier molecular flexibility index (Phi) is 0.868. The zero-order valence-electron chi connectivity index (χ0n) is 7.51. The molecule has 0 aromatic heterocycles. The van der Waals surface area contributed by atoms with E-state index in [0.717, 1.165) is 0 Å². The smallest absolute Gasteiger partial charge is 0.422 e. The van der Waals surface area contributed by atoms with Crippen molar-refractivity contribution in [1.82, 2.24) is 4.31 Å². The van der Waals surface area contributed by atoms with Gasteiger partial charge in [0.25, 0.3) is 0 Å². The molecule has 0 radical (unpaired) electrons. The third-order valence-electron chi connectivity index (χ3n) is 0.753. The quantitative estimate of drug-likeness (QED) is 0.516. The third-order valence-corrected chi connectivity index (χ3v) is 1.80. The molecule has 1 saturated heterocycles. The first-order valence-corrected chi connectivity index (χ1v) is 3.45. The fourth-order valence-corrected chi connectivity index (χ4v) is 0.994. The second kappa shape index (κ2) is 2.10. The van der Waals surface area contributed by atoms with Gasteiger partial charge < -0.3 is 5.11 Å². The van der Waals surface area contributed by atoms with Gasteiger partial charge in [-0.05, 0) is 0 Å². The lowest BCUT2D eigenvalue weighted by Crippen LogP contribution is -2.30. The normalized spacial score (nSPS) is 39.8. The summed E-state index contributed by atoms with van der Waals surface area (Å²) in [6.45, 7) is -4.97. The first-order chi connectivity index (χ1) is 5.68. The summed E-state index contributed by atoms with van der Waals surface area (Å²) in [5, 5.41) is 8.33. The number of hydrogen-bond donors (Lipinski definition) is 1. The van der Waals surface area contributed by atoms with Gasteiger partial charge in [-0.25, -0.2) is 4.79 Å². The third kappa shape index (κ3) is 1.05. The van der Waals surface area contributed by atoms with Gasteiger partial charge in [-0.2, -0.15) is 12.7 Å². The van der Waals surface area contributed by atoms with Gasteiger partial charge >= 0.3 is 16.4 Å². The summed E-state index contributed by atoms with van der Waals surface area (Å²) in [4.78, 5) is 10.3. The maximum absolute atomic E-state index is 10.8. The lowest BCUT2D eigenvalue weighted by molar-refractivity contribution is 0.175. The molecule has 0 aromatic rings. The highest BCUT2D eigenvalue weighted by atomic mass is 32.2. The predicted octanol–water partition coefficient (Wildman–Crippen LogP) is -0.759. The van der Waals surface area contributed by atoms with Crippen LogP contribution in [0.15, 0.2) is 0 Å². The Morgan fingerprint density at radius 3 is 2.60 bits per heavy atom. The van der Waals surface area contributed by atoms with Crippen molar-refractivity contribution in [2.75, 3.05) is 13.1 Å². The van der Waals surface area contributed by atoms with Crippen LogP contribution in [0, 0.1) is 0 Å². The average Bonchev–Trinajstić information content (AvgIpc) is 1.96. The SMILES string of the molecule is [2H]C1N(C(=O)O)S(=O)(=O)OC1([2H])[2H]. The molecule has 1 atom stereocenters.